The van der Waals surface area contributed by atoms with E-state index in [1.165, 1.54) is 88.4 Å². The van der Waals surface area contributed by atoms with Gasteiger partial charge in [0.05, 0.1) is 16.1 Å². The number of hydrogen-bond donors (Lipinski definition) is 0. The zero-order chi connectivity index (χ0) is 44.0. The van der Waals surface area contributed by atoms with Crippen LogP contribution in [-0.4, -0.2) is 16.1 Å². The lowest BCUT2D eigenvalue weighted by Gasteiger charge is -2.52. The SMILES string of the molecule is Cc1ccc(N(c2ccccc2)c2ccc3c4c(ccc3c2)-c2c(c3ccc(N(c5ccccc5)c5ccc(C)c(C)c5)cc3c3ccccc23)C4([Si](C)(C)C)[Si](C)(C)C)cc1C. The Morgan fingerprint density at radius 2 is 0.794 bits per heavy atom. The number of hydrogen-bond acceptors (Lipinski definition) is 2. The van der Waals surface area contributed by atoms with E-state index in [1.807, 2.05) is 0 Å². The van der Waals surface area contributed by atoms with Crippen LogP contribution in [0.25, 0.3) is 43.4 Å². The molecule has 4 heteroatoms. The van der Waals surface area contributed by atoms with Crippen molar-refractivity contribution < 1.29 is 0 Å². The molecule has 0 fully saturated rings. The molecule has 0 aromatic heterocycles. The van der Waals surface area contributed by atoms with Crippen LogP contribution in [0.15, 0.2) is 170 Å². The average Bonchev–Trinajstić information content (AvgIpc) is 3.61. The zero-order valence-corrected chi connectivity index (χ0v) is 40.6. The van der Waals surface area contributed by atoms with Gasteiger partial charge in [-0.25, -0.2) is 0 Å². The Hall–Kier alpha value is -6.21. The van der Waals surface area contributed by atoms with Gasteiger partial charge in [0, 0.05) is 38.8 Å². The summed E-state index contributed by atoms with van der Waals surface area (Å²) in [6.07, 6.45) is 0. The lowest BCUT2D eigenvalue weighted by Crippen LogP contribution is -2.63. The van der Waals surface area contributed by atoms with Crippen molar-refractivity contribution in [2.24, 2.45) is 0 Å². The van der Waals surface area contributed by atoms with Crippen molar-refractivity contribution in [1.82, 2.24) is 0 Å². The summed E-state index contributed by atoms with van der Waals surface area (Å²) in [5, 5.41) is 8.10. The molecule has 9 aromatic rings. The lowest BCUT2D eigenvalue weighted by molar-refractivity contribution is 0.973. The molecule has 1 aliphatic rings. The van der Waals surface area contributed by atoms with E-state index in [1.54, 1.807) is 11.1 Å². The van der Waals surface area contributed by atoms with E-state index in [0.717, 1.165) is 11.4 Å². The van der Waals surface area contributed by atoms with Gasteiger partial charge < -0.3 is 9.80 Å². The normalized spacial score (nSPS) is 13.4. The van der Waals surface area contributed by atoms with E-state index in [4.69, 9.17) is 0 Å². The highest BCUT2D eigenvalue weighted by molar-refractivity contribution is 7.00. The van der Waals surface area contributed by atoms with Crippen LogP contribution in [-0.2, 0) is 4.66 Å². The Kier molecular flexibility index (Phi) is 9.70. The quantitative estimate of drug-likeness (QED) is 0.111. The minimum Gasteiger partial charge on any atom is -0.310 e. The van der Waals surface area contributed by atoms with Gasteiger partial charge in [-0.3, -0.25) is 0 Å². The standard InChI is InChI=1S/C59H58N2Si2/c1-39-25-28-46(35-41(39)3)60(44-19-13-11-14-20-44)48-30-33-50-43(37-48)27-32-54-56-52-24-18-17-23-51(52)55-38-49(61(45-21-15-12-16-22-45)47-29-26-40(2)42(4)36-47)31-34-53(55)58(56)59(57(50)54,62(5,6)7)63(8,9)10/h11-38H,1-10H3. The Bertz CT molecular complexity index is 3230. The maximum atomic E-state index is 2.65. The number of fused-ring (bicyclic) bond motifs is 10. The van der Waals surface area contributed by atoms with Gasteiger partial charge in [-0.05, 0) is 177 Å². The maximum absolute atomic E-state index is 2.65. The molecule has 0 spiro atoms. The molecule has 0 heterocycles. The summed E-state index contributed by atoms with van der Waals surface area (Å²) >= 11 is 0. The highest BCUT2D eigenvalue weighted by Crippen LogP contribution is 2.63. The average molecular weight is 851 g/mol. The van der Waals surface area contributed by atoms with E-state index < -0.39 is 16.1 Å². The molecule has 63 heavy (non-hydrogen) atoms. The van der Waals surface area contributed by atoms with Crippen LogP contribution in [0.3, 0.4) is 0 Å². The summed E-state index contributed by atoms with van der Waals surface area (Å²) in [5.41, 5.74) is 18.2. The monoisotopic (exact) mass is 850 g/mol. The fraction of sp³-hybridized carbons (Fsp3) is 0.186. The van der Waals surface area contributed by atoms with Gasteiger partial charge in [0.2, 0.25) is 0 Å². The molecule has 0 saturated heterocycles. The largest absolute Gasteiger partial charge is 0.310 e. The number of para-hydroxylation sites is 2. The first-order chi connectivity index (χ1) is 30.2. The molecule has 0 N–H and O–H groups in total. The number of benzene rings is 9. The molecule has 10 rings (SSSR count). The van der Waals surface area contributed by atoms with Crippen molar-refractivity contribution in [2.75, 3.05) is 9.80 Å². The predicted molar refractivity (Wildman–Crippen MR) is 280 cm³/mol. The topological polar surface area (TPSA) is 6.48 Å². The van der Waals surface area contributed by atoms with E-state index in [2.05, 4.69) is 247 Å². The summed E-state index contributed by atoms with van der Waals surface area (Å²) in [4.78, 5) is 4.86. The first kappa shape index (κ1) is 40.8. The van der Waals surface area contributed by atoms with Crippen LogP contribution in [0.1, 0.15) is 33.4 Å². The maximum Gasteiger partial charge on any atom is 0.0579 e. The third-order valence-electron chi connectivity index (χ3n) is 14.3. The molecule has 0 aliphatic heterocycles. The fourth-order valence-corrected chi connectivity index (χ4v) is 24.6. The van der Waals surface area contributed by atoms with Gasteiger partial charge in [-0.2, -0.15) is 0 Å². The molecule has 312 valence electrons. The van der Waals surface area contributed by atoms with E-state index in [9.17, 15) is 0 Å². The Balaban J connectivity index is 1.26. The molecule has 0 saturated carbocycles. The molecule has 0 atom stereocenters. The van der Waals surface area contributed by atoms with Gasteiger partial charge in [0.15, 0.2) is 0 Å². The molecular formula is C59H58N2Si2. The second-order valence-electron chi connectivity index (χ2n) is 20.0. The first-order valence-corrected chi connectivity index (χ1v) is 29.6. The van der Waals surface area contributed by atoms with Crippen LogP contribution in [0.4, 0.5) is 34.1 Å². The van der Waals surface area contributed by atoms with Gasteiger partial charge >= 0.3 is 0 Å². The minimum absolute atomic E-state index is 0.0874. The molecule has 1 aliphatic carbocycles. The van der Waals surface area contributed by atoms with Gasteiger partial charge in [0.1, 0.15) is 0 Å². The highest BCUT2D eigenvalue weighted by Gasteiger charge is 2.60. The van der Waals surface area contributed by atoms with Crippen molar-refractivity contribution in [3.8, 4) is 11.1 Å². The Labute approximate surface area is 376 Å². The van der Waals surface area contributed by atoms with Crippen molar-refractivity contribution in [3.05, 3.63) is 203 Å². The Morgan fingerprint density at radius 1 is 0.333 bits per heavy atom. The summed E-state index contributed by atoms with van der Waals surface area (Å²) in [6.45, 7) is 24.7. The van der Waals surface area contributed by atoms with Crippen molar-refractivity contribution in [3.63, 3.8) is 0 Å². The summed E-state index contributed by atoms with van der Waals surface area (Å²) in [7, 11) is -4.20. The Morgan fingerprint density at radius 3 is 1.32 bits per heavy atom. The highest BCUT2D eigenvalue weighted by atomic mass is 28.4. The number of anilines is 6. The molecule has 0 amide bonds. The summed E-state index contributed by atoms with van der Waals surface area (Å²) in [5.74, 6) is 0. The van der Waals surface area contributed by atoms with Crippen LogP contribution >= 0.6 is 0 Å². The van der Waals surface area contributed by atoms with Crippen molar-refractivity contribution in [1.29, 1.82) is 0 Å². The van der Waals surface area contributed by atoms with Crippen LogP contribution in [0.2, 0.25) is 39.3 Å². The smallest absolute Gasteiger partial charge is 0.0579 e. The molecule has 0 unspecified atom stereocenters. The number of aryl methyl sites for hydroxylation is 4. The van der Waals surface area contributed by atoms with E-state index in [0.29, 0.717) is 0 Å². The van der Waals surface area contributed by atoms with Gasteiger partial charge in [-0.15, -0.1) is 0 Å². The van der Waals surface area contributed by atoms with E-state index >= 15 is 0 Å². The second kappa shape index (κ2) is 15.0. The molecule has 9 aromatic carbocycles. The zero-order valence-electron chi connectivity index (χ0n) is 38.6. The molecule has 0 radical (unpaired) electrons. The van der Waals surface area contributed by atoms with Crippen LogP contribution in [0.5, 0.6) is 0 Å². The van der Waals surface area contributed by atoms with Gasteiger partial charge in [-0.1, -0.05) is 136 Å². The van der Waals surface area contributed by atoms with Crippen LogP contribution in [0, 0.1) is 27.7 Å². The van der Waals surface area contributed by atoms with Crippen molar-refractivity contribution in [2.45, 2.75) is 71.6 Å². The van der Waals surface area contributed by atoms with Crippen molar-refractivity contribution >= 4 is 82.6 Å². The van der Waals surface area contributed by atoms with E-state index in [-0.39, 0.29) is 4.66 Å². The number of rotatable bonds is 8. The first-order valence-electron chi connectivity index (χ1n) is 22.6. The second-order valence-corrected chi connectivity index (χ2v) is 31.0. The number of nitrogens with zero attached hydrogens (tertiary/aromatic N) is 2. The molecule has 0 bridgehead atoms. The molecule has 2 nitrogen and oxygen atoms in total. The predicted octanol–water partition coefficient (Wildman–Crippen LogP) is 17.3. The van der Waals surface area contributed by atoms with Gasteiger partial charge in [0.25, 0.3) is 0 Å². The third kappa shape index (κ3) is 6.32. The third-order valence-corrected chi connectivity index (χ3v) is 24.3. The van der Waals surface area contributed by atoms with Crippen LogP contribution < -0.4 is 9.80 Å². The lowest BCUT2D eigenvalue weighted by atomic mass is 9.91. The fourth-order valence-electron chi connectivity index (χ4n) is 11.6. The minimum atomic E-state index is -2.10. The molecular weight excluding hydrogens is 793 g/mol. The summed E-state index contributed by atoms with van der Waals surface area (Å²) in [6, 6.07) is 64.3. The summed E-state index contributed by atoms with van der Waals surface area (Å²) < 4.78 is -0.0874.